The van der Waals surface area contributed by atoms with Gasteiger partial charge in [0.2, 0.25) is 5.91 Å². The molecule has 2 aromatic rings. The van der Waals surface area contributed by atoms with Gasteiger partial charge in [0.15, 0.2) is 0 Å². The van der Waals surface area contributed by atoms with E-state index in [4.69, 9.17) is 4.74 Å². The second kappa shape index (κ2) is 8.11. The smallest absolute Gasteiger partial charge is 0.409 e. The Hall–Kier alpha value is -2.86. The Balaban J connectivity index is 1.43. The number of hydrogen-bond donors (Lipinski definition) is 1. The Kier molecular flexibility index (Phi) is 5.52. The maximum Gasteiger partial charge on any atom is 0.409 e. The summed E-state index contributed by atoms with van der Waals surface area (Å²) in [5.74, 6) is -0.146. The van der Waals surface area contributed by atoms with Gasteiger partial charge in [0.25, 0.3) is 0 Å². The number of hydrogen-bond acceptors (Lipinski definition) is 4. The average molecular weight is 408 g/mol. The van der Waals surface area contributed by atoms with Gasteiger partial charge in [-0.05, 0) is 35.1 Å². The molecule has 2 amide bonds. The van der Waals surface area contributed by atoms with E-state index in [-0.39, 0.29) is 31.4 Å². The molecule has 30 heavy (non-hydrogen) atoms. The highest BCUT2D eigenvalue weighted by atomic mass is 16.6. The predicted molar refractivity (Wildman–Crippen MR) is 114 cm³/mol. The van der Waals surface area contributed by atoms with E-state index in [1.165, 1.54) is 32.1 Å². The SMILES string of the molecule is CN(C)C(=O)CC1(O)CCCN(C(=O)OCC2c3ccccc3-c3ccccc32)C1. The fourth-order valence-corrected chi connectivity index (χ4v) is 4.54. The van der Waals surface area contributed by atoms with Crippen molar-refractivity contribution in [1.82, 2.24) is 9.80 Å². The van der Waals surface area contributed by atoms with E-state index in [0.717, 1.165) is 0 Å². The summed E-state index contributed by atoms with van der Waals surface area (Å²) in [4.78, 5) is 27.8. The van der Waals surface area contributed by atoms with E-state index >= 15 is 0 Å². The number of carbonyl (C=O) groups is 2. The van der Waals surface area contributed by atoms with E-state index in [1.807, 2.05) is 24.3 Å². The van der Waals surface area contributed by atoms with E-state index < -0.39 is 11.7 Å². The van der Waals surface area contributed by atoms with Gasteiger partial charge in [0.1, 0.15) is 6.61 Å². The number of fused-ring (bicyclic) bond motifs is 3. The Morgan fingerprint density at radius 1 is 1.10 bits per heavy atom. The Morgan fingerprint density at radius 2 is 1.70 bits per heavy atom. The number of piperidine rings is 1. The summed E-state index contributed by atoms with van der Waals surface area (Å²) >= 11 is 0. The van der Waals surface area contributed by atoms with Crippen molar-refractivity contribution < 1.29 is 19.4 Å². The molecule has 1 atom stereocenters. The van der Waals surface area contributed by atoms with Crippen LogP contribution in [0.15, 0.2) is 48.5 Å². The maximum absolute atomic E-state index is 12.8. The van der Waals surface area contributed by atoms with Crippen LogP contribution in [0, 0.1) is 0 Å². The van der Waals surface area contributed by atoms with Gasteiger partial charge in [-0.3, -0.25) is 4.79 Å². The number of likely N-dealkylation sites (tertiary alicyclic amines) is 1. The van der Waals surface area contributed by atoms with Crippen LogP contribution in [0.4, 0.5) is 4.79 Å². The molecule has 1 heterocycles. The lowest BCUT2D eigenvalue weighted by molar-refractivity contribution is -0.136. The molecule has 6 heteroatoms. The molecule has 0 spiro atoms. The minimum Gasteiger partial charge on any atom is -0.448 e. The summed E-state index contributed by atoms with van der Waals surface area (Å²) in [7, 11) is 3.33. The quantitative estimate of drug-likeness (QED) is 0.843. The van der Waals surface area contributed by atoms with E-state index in [1.54, 1.807) is 14.1 Å². The molecule has 1 aliphatic carbocycles. The third-order valence-electron chi connectivity index (χ3n) is 6.13. The Labute approximate surface area is 177 Å². The largest absolute Gasteiger partial charge is 0.448 e. The first-order valence-corrected chi connectivity index (χ1v) is 10.4. The van der Waals surface area contributed by atoms with Gasteiger partial charge < -0.3 is 19.6 Å². The number of ether oxygens (including phenoxy) is 1. The molecule has 2 aliphatic rings. The first kappa shape index (κ1) is 20.4. The third-order valence-corrected chi connectivity index (χ3v) is 6.13. The third kappa shape index (κ3) is 3.92. The number of benzene rings is 2. The van der Waals surface area contributed by atoms with E-state index in [0.29, 0.717) is 19.4 Å². The van der Waals surface area contributed by atoms with Crippen LogP contribution >= 0.6 is 0 Å². The first-order valence-electron chi connectivity index (χ1n) is 10.4. The average Bonchev–Trinajstić information content (AvgIpc) is 3.05. The number of amides is 2. The molecule has 0 aromatic heterocycles. The highest BCUT2D eigenvalue weighted by molar-refractivity contribution is 5.79. The highest BCUT2D eigenvalue weighted by Gasteiger charge is 2.38. The van der Waals surface area contributed by atoms with Crippen molar-refractivity contribution in [3.8, 4) is 11.1 Å². The van der Waals surface area contributed by atoms with Gasteiger partial charge in [0, 0.05) is 26.6 Å². The fourth-order valence-electron chi connectivity index (χ4n) is 4.54. The number of rotatable bonds is 4. The number of nitrogens with zero attached hydrogens (tertiary/aromatic N) is 2. The van der Waals surface area contributed by atoms with E-state index in [9.17, 15) is 14.7 Å². The standard InChI is InChI=1S/C24H28N2O4/c1-25(2)22(27)14-24(29)12-7-13-26(16-24)23(28)30-15-21-19-10-5-3-8-17(19)18-9-4-6-11-20(18)21/h3-6,8-11,21,29H,7,12-16H2,1-2H3. The van der Waals surface area contributed by atoms with Gasteiger partial charge in [-0.1, -0.05) is 48.5 Å². The van der Waals surface area contributed by atoms with Crippen molar-refractivity contribution in [2.45, 2.75) is 30.8 Å². The van der Waals surface area contributed by atoms with Crippen LogP contribution in [0.2, 0.25) is 0 Å². The van der Waals surface area contributed by atoms with Gasteiger partial charge in [-0.25, -0.2) is 4.79 Å². The lowest BCUT2D eigenvalue weighted by Gasteiger charge is -2.38. The van der Waals surface area contributed by atoms with Crippen LogP contribution in [0.1, 0.15) is 36.3 Å². The van der Waals surface area contributed by atoms with Crippen molar-refractivity contribution >= 4 is 12.0 Å². The molecule has 4 rings (SSSR count). The molecule has 1 unspecified atom stereocenters. The summed E-state index contributed by atoms with van der Waals surface area (Å²) in [5.41, 5.74) is 3.49. The van der Waals surface area contributed by atoms with Gasteiger partial charge in [-0.2, -0.15) is 0 Å². The summed E-state index contributed by atoms with van der Waals surface area (Å²) in [6, 6.07) is 16.4. The Morgan fingerprint density at radius 3 is 2.30 bits per heavy atom. The zero-order valence-electron chi connectivity index (χ0n) is 17.5. The van der Waals surface area contributed by atoms with Gasteiger partial charge in [0.05, 0.1) is 18.6 Å². The molecular formula is C24H28N2O4. The number of carbonyl (C=O) groups excluding carboxylic acids is 2. The normalized spacial score (nSPS) is 20.4. The van der Waals surface area contributed by atoms with Crippen molar-refractivity contribution in [2.24, 2.45) is 0 Å². The molecule has 1 aliphatic heterocycles. The van der Waals surface area contributed by atoms with Crippen LogP contribution in [0.25, 0.3) is 11.1 Å². The monoisotopic (exact) mass is 408 g/mol. The summed E-state index contributed by atoms with van der Waals surface area (Å²) < 4.78 is 5.71. The molecule has 158 valence electrons. The molecule has 0 bridgehead atoms. The molecule has 0 radical (unpaired) electrons. The zero-order valence-corrected chi connectivity index (χ0v) is 17.5. The number of aliphatic hydroxyl groups is 1. The second-order valence-corrected chi connectivity index (χ2v) is 8.52. The minimum absolute atomic E-state index is 0.000318. The topological polar surface area (TPSA) is 70.1 Å². The highest BCUT2D eigenvalue weighted by Crippen LogP contribution is 2.44. The van der Waals surface area contributed by atoms with Crippen molar-refractivity contribution in [3.05, 3.63) is 59.7 Å². The predicted octanol–water partition coefficient (Wildman–Crippen LogP) is 3.24. The molecular weight excluding hydrogens is 380 g/mol. The van der Waals surface area contributed by atoms with Crippen LogP contribution in [0.5, 0.6) is 0 Å². The molecule has 0 saturated carbocycles. The van der Waals surface area contributed by atoms with Crippen molar-refractivity contribution in [3.63, 3.8) is 0 Å². The summed E-state index contributed by atoms with van der Waals surface area (Å²) in [6.07, 6.45) is 0.709. The second-order valence-electron chi connectivity index (χ2n) is 8.52. The molecule has 1 N–H and O–H groups in total. The first-order chi connectivity index (χ1) is 14.4. The molecule has 6 nitrogen and oxygen atoms in total. The van der Waals surface area contributed by atoms with Crippen LogP contribution in [-0.4, -0.2) is 66.3 Å². The van der Waals surface area contributed by atoms with Crippen molar-refractivity contribution in [2.75, 3.05) is 33.8 Å². The zero-order chi connectivity index (χ0) is 21.3. The van der Waals surface area contributed by atoms with E-state index in [2.05, 4.69) is 24.3 Å². The Bertz CT molecular complexity index is 912. The van der Waals surface area contributed by atoms with Crippen LogP contribution in [-0.2, 0) is 9.53 Å². The summed E-state index contributed by atoms with van der Waals surface area (Å²) in [6.45, 7) is 0.886. The lowest BCUT2D eigenvalue weighted by atomic mass is 9.89. The lowest BCUT2D eigenvalue weighted by Crippen LogP contribution is -2.52. The number of β-amino-alcohol motifs (C(OH)–C–C–N with tert-alkyl or cyclic N) is 1. The van der Waals surface area contributed by atoms with Gasteiger partial charge >= 0.3 is 6.09 Å². The maximum atomic E-state index is 12.8. The summed E-state index contributed by atoms with van der Waals surface area (Å²) in [5, 5.41) is 10.9. The van der Waals surface area contributed by atoms with Crippen LogP contribution < -0.4 is 0 Å². The fraction of sp³-hybridized carbons (Fsp3) is 0.417. The van der Waals surface area contributed by atoms with Crippen molar-refractivity contribution in [1.29, 1.82) is 0 Å². The van der Waals surface area contributed by atoms with Gasteiger partial charge in [-0.15, -0.1) is 0 Å². The molecule has 1 saturated heterocycles. The molecule has 2 aromatic carbocycles. The minimum atomic E-state index is -1.20. The van der Waals surface area contributed by atoms with Crippen LogP contribution in [0.3, 0.4) is 0 Å². The molecule has 1 fully saturated rings.